The number of carbonyl (C=O) groups excluding carboxylic acids is 1. The monoisotopic (exact) mass is 248 g/mol. The van der Waals surface area contributed by atoms with E-state index in [1.54, 1.807) is 6.92 Å². The third kappa shape index (κ3) is 2.45. The third-order valence-electron chi connectivity index (χ3n) is 3.19. The number of H-pyrrole nitrogens is 1. The molecule has 3 N–H and O–H groups in total. The summed E-state index contributed by atoms with van der Waals surface area (Å²) >= 11 is 0. The van der Waals surface area contributed by atoms with Gasteiger partial charge in [-0.3, -0.25) is 4.79 Å². The zero-order chi connectivity index (χ0) is 13.1. The lowest BCUT2D eigenvalue weighted by Gasteiger charge is -2.17. The molecule has 1 aromatic heterocycles. The van der Waals surface area contributed by atoms with Crippen molar-refractivity contribution in [2.24, 2.45) is 5.92 Å². The molecule has 0 bridgehead atoms. The van der Waals surface area contributed by atoms with Crippen molar-refractivity contribution in [1.82, 2.24) is 4.98 Å². The summed E-state index contributed by atoms with van der Waals surface area (Å²) in [5.74, 6) is -1.21. The van der Waals surface area contributed by atoms with E-state index in [4.69, 9.17) is 5.11 Å². The number of carbonyl (C=O) groups is 2. The first-order valence-electron chi connectivity index (χ1n) is 5.96. The fourth-order valence-corrected chi connectivity index (χ4v) is 2.17. The molecular weight excluding hydrogens is 232 g/mol. The van der Waals surface area contributed by atoms with Crippen molar-refractivity contribution >= 4 is 17.6 Å². The Morgan fingerprint density at radius 2 is 2.22 bits per heavy atom. The van der Waals surface area contributed by atoms with Crippen LogP contribution in [0.1, 0.15) is 35.3 Å². The number of hydrogen-bond acceptors (Lipinski definition) is 2. The summed E-state index contributed by atoms with van der Waals surface area (Å²) in [6.07, 6.45) is 8.01. The van der Waals surface area contributed by atoms with Gasteiger partial charge < -0.3 is 15.4 Å². The predicted octanol–water partition coefficient (Wildman–Crippen LogP) is 2.32. The minimum absolute atomic E-state index is 0.0631. The molecule has 5 nitrogen and oxygen atoms in total. The Kier molecular flexibility index (Phi) is 3.50. The Balaban J connectivity index is 2.12. The van der Waals surface area contributed by atoms with E-state index < -0.39 is 5.97 Å². The van der Waals surface area contributed by atoms with E-state index in [1.807, 2.05) is 6.08 Å². The molecule has 5 heteroatoms. The van der Waals surface area contributed by atoms with Crippen LogP contribution in [-0.4, -0.2) is 22.0 Å². The lowest BCUT2D eigenvalue weighted by atomic mass is 9.93. The predicted molar refractivity (Wildman–Crippen MR) is 67.6 cm³/mol. The normalized spacial score (nSPS) is 18.6. The summed E-state index contributed by atoms with van der Waals surface area (Å²) in [5.41, 5.74) is 1.02. The fraction of sp³-hybridized carbons (Fsp3) is 0.385. The third-order valence-corrected chi connectivity index (χ3v) is 3.19. The number of carboxylic acids is 1. The highest BCUT2D eigenvalue weighted by Gasteiger charge is 2.22. The van der Waals surface area contributed by atoms with Crippen LogP contribution in [0.4, 0.5) is 5.69 Å². The van der Waals surface area contributed by atoms with Crippen LogP contribution in [0.5, 0.6) is 0 Å². The smallest absolute Gasteiger partial charge is 0.339 e. The van der Waals surface area contributed by atoms with Crippen LogP contribution in [0.15, 0.2) is 18.3 Å². The van der Waals surface area contributed by atoms with Crippen LogP contribution < -0.4 is 5.32 Å². The number of aromatic carboxylic acids is 1. The van der Waals surface area contributed by atoms with Gasteiger partial charge in [0.05, 0.1) is 5.69 Å². The zero-order valence-electron chi connectivity index (χ0n) is 10.2. The number of allylic oxidation sites excluding steroid dienone is 2. The number of rotatable bonds is 3. The largest absolute Gasteiger partial charge is 0.478 e. The van der Waals surface area contributed by atoms with Gasteiger partial charge in [0.25, 0.3) is 0 Å². The fourth-order valence-electron chi connectivity index (χ4n) is 2.17. The lowest BCUT2D eigenvalue weighted by Crippen LogP contribution is -2.24. The van der Waals surface area contributed by atoms with Crippen molar-refractivity contribution in [3.8, 4) is 0 Å². The van der Waals surface area contributed by atoms with Crippen molar-refractivity contribution in [3.63, 3.8) is 0 Å². The molecule has 0 fully saturated rings. The molecule has 0 aromatic carbocycles. The van der Waals surface area contributed by atoms with E-state index in [0.717, 1.165) is 19.3 Å². The standard InChI is InChI=1S/C13H16N2O3/c1-8-11(13(17)18)10(7-14-8)15-12(16)9-5-3-2-4-6-9/h2-3,7,9,14H,4-6H2,1H3,(H,15,16)(H,17,18). The topological polar surface area (TPSA) is 82.2 Å². The van der Waals surface area contributed by atoms with Crippen molar-refractivity contribution < 1.29 is 14.7 Å². The van der Waals surface area contributed by atoms with Gasteiger partial charge in [-0.25, -0.2) is 4.79 Å². The zero-order valence-corrected chi connectivity index (χ0v) is 10.2. The Morgan fingerprint density at radius 1 is 1.44 bits per heavy atom. The summed E-state index contributed by atoms with van der Waals surface area (Å²) < 4.78 is 0. The van der Waals surface area contributed by atoms with Crippen LogP contribution in [-0.2, 0) is 4.79 Å². The number of aryl methyl sites for hydroxylation is 1. The number of anilines is 1. The van der Waals surface area contributed by atoms with E-state index in [1.165, 1.54) is 6.20 Å². The Hall–Kier alpha value is -2.04. The molecule has 1 heterocycles. The molecule has 96 valence electrons. The van der Waals surface area contributed by atoms with Gasteiger partial charge in [-0.2, -0.15) is 0 Å². The van der Waals surface area contributed by atoms with Crippen LogP contribution in [0, 0.1) is 12.8 Å². The molecule has 1 aliphatic carbocycles. The molecular formula is C13H16N2O3. The van der Waals surface area contributed by atoms with Gasteiger partial charge >= 0.3 is 5.97 Å². The number of aromatic amines is 1. The number of carboxylic acid groups (broad SMARTS) is 1. The van der Waals surface area contributed by atoms with Gasteiger partial charge in [0, 0.05) is 17.8 Å². The summed E-state index contributed by atoms with van der Waals surface area (Å²) in [7, 11) is 0. The second-order valence-electron chi connectivity index (χ2n) is 4.48. The molecule has 0 saturated carbocycles. The second kappa shape index (κ2) is 5.08. The molecule has 1 aliphatic rings. The Bertz CT molecular complexity index is 502. The van der Waals surface area contributed by atoms with E-state index in [-0.39, 0.29) is 17.4 Å². The van der Waals surface area contributed by atoms with Crippen LogP contribution in [0.3, 0.4) is 0 Å². The van der Waals surface area contributed by atoms with Crippen LogP contribution in [0.2, 0.25) is 0 Å². The molecule has 1 atom stereocenters. The van der Waals surface area contributed by atoms with Gasteiger partial charge in [0.1, 0.15) is 5.56 Å². The van der Waals surface area contributed by atoms with E-state index in [0.29, 0.717) is 11.4 Å². The van der Waals surface area contributed by atoms with Crippen molar-refractivity contribution in [2.45, 2.75) is 26.2 Å². The first kappa shape index (κ1) is 12.4. The number of amides is 1. The summed E-state index contributed by atoms with van der Waals surface area (Å²) in [5, 5.41) is 11.8. The average molecular weight is 248 g/mol. The van der Waals surface area contributed by atoms with Gasteiger partial charge in [-0.1, -0.05) is 12.2 Å². The summed E-state index contributed by atoms with van der Waals surface area (Å²) in [4.78, 5) is 25.9. The van der Waals surface area contributed by atoms with E-state index in [2.05, 4.69) is 16.4 Å². The van der Waals surface area contributed by atoms with Crippen molar-refractivity contribution in [2.75, 3.05) is 5.32 Å². The first-order valence-corrected chi connectivity index (χ1v) is 5.96. The molecule has 0 spiro atoms. The first-order chi connectivity index (χ1) is 8.59. The molecule has 18 heavy (non-hydrogen) atoms. The second-order valence-corrected chi connectivity index (χ2v) is 4.48. The number of hydrogen-bond donors (Lipinski definition) is 3. The maximum atomic E-state index is 12.0. The highest BCUT2D eigenvalue weighted by Crippen LogP contribution is 2.23. The summed E-state index contributed by atoms with van der Waals surface area (Å²) in [6, 6.07) is 0. The average Bonchev–Trinajstić information content (AvgIpc) is 2.71. The van der Waals surface area contributed by atoms with Crippen molar-refractivity contribution in [1.29, 1.82) is 0 Å². The molecule has 1 aromatic rings. The van der Waals surface area contributed by atoms with Gasteiger partial charge in [0.15, 0.2) is 0 Å². The molecule has 0 aliphatic heterocycles. The highest BCUT2D eigenvalue weighted by atomic mass is 16.4. The molecule has 2 rings (SSSR count). The lowest BCUT2D eigenvalue weighted by molar-refractivity contribution is -0.120. The van der Waals surface area contributed by atoms with Crippen LogP contribution >= 0.6 is 0 Å². The SMILES string of the molecule is Cc1[nH]cc(NC(=O)C2CC=CCC2)c1C(=O)O. The Labute approximate surface area is 105 Å². The van der Waals surface area contributed by atoms with Crippen LogP contribution in [0.25, 0.3) is 0 Å². The highest BCUT2D eigenvalue weighted by molar-refractivity contribution is 6.02. The maximum absolute atomic E-state index is 12.0. The minimum atomic E-state index is -1.03. The minimum Gasteiger partial charge on any atom is -0.478 e. The summed E-state index contributed by atoms with van der Waals surface area (Å²) in [6.45, 7) is 1.67. The molecule has 0 radical (unpaired) electrons. The quantitative estimate of drug-likeness (QED) is 0.718. The van der Waals surface area contributed by atoms with Gasteiger partial charge in [-0.05, 0) is 26.2 Å². The Morgan fingerprint density at radius 3 is 2.83 bits per heavy atom. The van der Waals surface area contributed by atoms with E-state index in [9.17, 15) is 9.59 Å². The molecule has 1 amide bonds. The number of aromatic nitrogens is 1. The van der Waals surface area contributed by atoms with E-state index >= 15 is 0 Å². The van der Waals surface area contributed by atoms with Gasteiger partial charge in [0.2, 0.25) is 5.91 Å². The number of nitrogens with one attached hydrogen (secondary N) is 2. The van der Waals surface area contributed by atoms with Gasteiger partial charge in [-0.15, -0.1) is 0 Å². The molecule has 1 unspecified atom stereocenters. The van der Waals surface area contributed by atoms with Crippen molar-refractivity contribution in [3.05, 3.63) is 29.6 Å². The maximum Gasteiger partial charge on any atom is 0.339 e. The molecule has 0 saturated heterocycles.